The van der Waals surface area contributed by atoms with Crippen molar-refractivity contribution in [2.24, 2.45) is 15.3 Å². The van der Waals surface area contributed by atoms with Crippen molar-refractivity contribution in [2.75, 3.05) is 5.01 Å². The number of benzene rings is 3. The molecule has 0 aromatic heterocycles. The molecular formula is C20H14ClN4NaO5S. The predicted octanol–water partition coefficient (Wildman–Crippen LogP) is 0.693. The topological polar surface area (TPSA) is 135 Å². The largest absolute Gasteiger partial charge is 1.00 e. The van der Waals surface area contributed by atoms with Gasteiger partial charge in [0, 0.05) is 15.8 Å². The van der Waals surface area contributed by atoms with Crippen LogP contribution in [0.3, 0.4) is 0 Å². The summed E-state index contributed by atoms with van der Waals surface area (Å²) in [6, 6.07) is 12.6. The van der Waals surface area contributed by atoms with Gasteiger partial charge in [-0.15, -0.1) is 0 Å². The first-order chi connectivity index (χ1) is 14.7. The van der Waals surface area contributed by atoms with Crippen LogP contribution in [0.2, 0.25) is 5.02 Å². The van der Waals surface area contributed by atoms with Gasteiger partial charge in [0.2, 0.25) is 0 Å². The minimum absolute atomic E-state index is 0. The number of fused-ring (bicyclic) bond motifs is 1. The Labute approximate surface area is 210 Å². The molecule has 0 aliphatic carbocycles. The van der Waals surface area contributed by atoms with Crippen LogP contribution in [0.4, 0.5) is 11.4 Å². The van der Waals surface area contributed by atoms with Crippen molar-refractivity contribution in [2.45, 2.75) is 17.9 Å². The summed E-state index contributed by atoms with van der Waals surface area (Å²) in [6.07, 6.45) is 0. The van der Waals surface area contributed by atoms with E-state index in [9.17, 15) is 22.9 Å². The Kier molecular flexibility index (Phi) is 7.03. The quantitative estimate of drug-likeness (QED) is 0.333. The van der Waals surface area contributed by atoms with Crippen molar-refractivity contribution in [3.05, 3.63) is 59.6 Å². The molecule has 1 atom stereocenters. The van der Waals surface area contributed by atoms with Crippen molar-refractivity contribution < 1.29 is 52.4 Å². The van der Waals surface area contributed by atoms with Gasteiger partial charge in [-0.3, -0.25) is 9.35 Å². The fourth-order valence-electron chi connectivity index (χ4n) is 3.20. The minimum atomic E-state index is -4.68. The van der Waals surface area contributed by atoms with Crippen LogP contribution in [0.25, 0.3) is 10.8 Å². The van der Waals surface area contributed by atoms with Gasteiger partial charge in [0.25, 0.3) is 16.0 Å². The number of rotatable bonds is 4. The standard InChI is InChI=1S/C20H15ClN4O5S.Na/c1-11-18(20(27)25(24-11)13-5-3-2-4-6-13)22-23-19-14-8-7-12(21)9-15(14)17(10-16(19)26)31(28,29)30;/h2-10,18,26H,1H3,(H,28,29,30);/q;+1/p-1. The summed E-state index contributed by atoms with van der Waals surface area (Å²) >= 11 is 5.95. The van der Waals surface area contributed by atoms with E-state index in [4.69, 9.17) is 11.6 Å². The molecule has 12 heteroatoms. The third-order valence-electron chi connectivity index (χ3n) is 4.65. The fourth-order valence-corrected chi connectivity index (χ4v) is 4.07. The van der Waals surface area contributed by atoms with Crippen LogP contribution in [0.1, 0.15) is 6.92 Å². The van der Waals surface area contributed by atoms with Crippen LogP contribution in [0, 0.1) is 0 Å². The molecule has 3 aromatic rings. The van der Waals surface area contributed by atoms with E-state index in [-0.39, 0.29) is 51.0 Å². The van der Waals surface area contributed by atoms with E-state index in [2.05, 4.69) is 15.3 Å². The summed E-state index contributed by atoms with van der Waals surface area (Å²) in [5, 5.41) is 26.3. The second-order valence-corrected chi connectivity index (χ2v) is 8.56. The Morgan fingerprint density at radius 2 is 1.81 bits per heavy atom. The smallest absolute Gasteiger partial charge is 0.871 e. The van der Waals surface area contributed by atoms with E-state index >= 15 is 0 Å². The normalized spacial score (nSPS) is 16.5. The van der Waals surface area contributed by atoms with Gasteiger partial charge in [-0.1, -0.05) is 41.6 Å². The summed E-state index contributed by atoms with van der Waals surface area (Å²) in [6.45, 7) is 1.61. The zero-order valence-corrected chi connectivity index (χ0v) is 20.5. The maximum atomic E-state index is 12.8. The van der Waals surface area contributed by atoms with Gasteiger partial charge in [-0.25, -0.2) is 0 Å². The van der Waals surface area contributed by atoms with Gasteiger partial charge in [0.15, 0.2) is 6.04 Å². The monoisotopic (exact) mass is 480 g/mol. The van der Waals surface area contributed by atoms with Crippen LogP contribution in [-0.4, -0.2) is 30.6 Å². The average molecular weight is 481 g/mol. The minimum Gasteiger partial charge on any atom is -0.871 e. The zero-order valence-electron chi connectivity index (χ0n) is 16.9. The number of hydrogen-bond donors (Lipinski definition) is 1. The molecule has 0 saturated carbocycles. The second-order valence-electron chi connectivity index (χ2n) is 6.73. The van der Waals surface area contributed by atoms with Crippen LogP contribution in [-0.2, 0) is 14.9 Å². The van der Waals surface area contributed by atoms with Crippen LogP contribution >= 0.6 is 11.6 Å². The molecule has 1 heterocycles. The molecule has 32 heavy (non-hydrogen) atoms. The van der Waals surface area contributed by atoms with E-state index in [1.165, 1.54) is 23.2 Å². The number of azo groups is 1. The average Bonchev–Trinajstić information content (AvgIpc) is 3.00. The number of carbonyl (C=O) groups excluding carboxylic acids is 1. The predicted molar refractivity (Wildman–Crippen MR) is 114 cm³/mol. The summed E-state index contributed by atoms with van der Waals surface area (Å²) in [5.41, 5.74) is 0.761. The molecular weight excluding hydrogens is 467 g/mol. The molecule has 0 spiro atoms. The summed E-state index contributed by atoms with van der Waals surface area (Å²) in [7, 11) is -4.68. The van der Waals surface area contributed by atoms with Gasteiger partial charge in [0.05, 0.1) is 17.1 Å². The Balaban J connectivity index is 0.00000289. The van der Waals surface area contributed by atoms with Crippen molar-refractivity contribution in [3.8, 4) is 5.75 Å². The van der Waals surface area contributed by atoms with Crippen LogP contribution in [0.5, 0.6) is 5.75 Å². The molecule has 0 radical (unpaired) electrons. The Morgan fingerprint density at radius 3 is 2.47 bits per heavy atom. The van der Waals surface area contributed by atoms with Crippen molar-refractivity contribution in [1.82, 2.24) is 0 Å². The number of carbonyl (C=O) groups is 1. The summed E-state index contributed by atoms with van der Waals surface area (Å²) in [4.78, 5) is 12.2. The number of nitrogens with zero attached hydrogens (tertiary/aromatic N) is 4. The Morgan fingerprint density at radius 1 is 1.12 bits per heavy atom. The van der Waals surface area contributed by atoms with E-state index in [1.807, 2.05) is 0 Å². The van der Waals surface area contributed by atoms with E-state index < -0.39 is 32.7 Å². The number of hydrazone groups is 1. The number of anilines is 1. The molecule has 0 saturated heterocycles. The van der Waals surface area contributed by atoms with Crippen LogP contribution < -0.4 is 39.7 Å². The third-order valence-corrected chi connectivity index (χ3v) is 5.77. The van der Waals surface area contributed by atoms with E-state index in [0.29, 0.717) is 11.4 Å². The fraction of sp³-hybridized carbons (Fsp3) is 0.100. The summed E-state index contributed by atoms with van der Waals surface area (Å²) < 4.78 is 32.9. The van der Waals surface area contributed by atoms with Gasteiger partial charge >= 0.3 is 29.6 Å². The second kappa shape index (κ2) is 9.26. The first-order valence-corrected chi connectivity index (χ1v) is 10.7. The molecule has 158 valence electrons. The van der Waals surface area contributed by atoms with Gasteiger partial charge in [-0.2, -0.15) is 28.8 Å². The Hall–Kier alpha value is -2.34. The molecule has 1 unspecified atom stereocenters. The number of halogens is 1. The third kappa shape index (κ3) is 4.56. The molecule has 1 aliphatic rings. The maximum absolute atomic E-state index is 12.8. The SMILES string of the molecule is CC1=NN(c2ccccc2)C(=O)C1N=Nc1c([O-])cc(S(=O)(=O)O)c2cc(Cl)ccc12.[Na+]. The van der Waals surface area contributed by atoms with Gasteiger partial charge < -0.3 is 5.11 Å². The van der Waals surface area contributed by atoms with E-state index in [1.54, 1.807) is 37.3 Å². The van der Waals surface area contributed by atoms with Crippen molar-refractivity contribution >= 4 is 55.5 Å². The molecule has 1 N–H and O–H groups in total. The molecule has 4 rings (SSSR count). The summed E-state index contributed by atoms with van der Waals surface area (Å²) in [5.74, 6) is -1.23. The molecule has 0 fully saturated rings. The zero-order chi connectivity index (χ0) is 22.3. The van der Waals surface area contributed by atoms with Crippen molar-refractivity contribution in [3.63, 3.8) is 0 Å². The molecule has 3 aromatic carbocycles. The van der Waals surface area contributed by atoms with Crippen molar-refractivity contribution in [1.29, 1.82) is 0 Å². The molecule has 1 aliphatic heterocycles. The first kappa shape index (κ1) is 24.3. The first-order valence-electron chi connectivity index (χ1n) is 8.92. The number of amides is 1. The van der Waals surface area contributed by atoms with E-state index in [0.717, 1.165) is 6.07 Å². The number of para-hydroxylation sites is 1. The maximum Gasteiger partial charge on any atom is 1.00 e. The molecule has 0 bridgehead atoms. The van der Waals surface area contributed by atoms with Gasteiger partial charge in [-0.05, 0) is 37.3 Å². The van der Waals surface area contributed by atoms with Gasteiger partial charge in [0.1, 0.15) is 4.90 Å². The Bertz CT molecular complexity index is 1380. The molecule has 1 amide bonds. The number of hydrogen-bond acceptors (Lipinski definition) is 7. The molecule has 9 nitrogen and oxygen atoms in total. The van der Waals surface area contributed by atoms with Crippen LogP contribution in [0.15, 0.2) is 74.8 Å².